The van der Waals surface area contributed by atoms with Crippen LogP contribution in [0.2, 0.25) is 10.0 Å². The Morgan fingerprint density at radius 3 is 2.91 bits per heavy atom. The fraction of sp³-hybridized carbons (Fsp3) is 0.133. The minimum absolute atomic E-state index is 0.135. The van der Waals surface area contributed by atoms with Crippen LogP contribution in [0.1, 0.15) is 6.92 Å². The molecule has 0 bridgehead atoms. The second kappa shape index (κ2) is 6.78. The number of aromatic nitrogens is 3. The SMILES string of the molecule is C[C@@H](Sc1nc2ncc(Cl)cc2[nH]1)C(=O)Nc1cccc(Cl)c1. The molecule has 0 saturated heterocycles. The molecule has 0 aliphatic heterocycles. The largest absolute Gasteiger partial charge is 0.331 e. The Morgan fingerprint density at radius 2 is 2.13 bits per heavy atom. The summed E-state index contributed by atoms with van der Waals surface area (Å²) in [5.74, 6) is -0.135. The lowest BCUT2D eigenvalue weighted by atomic mass is 10.3. The van der Waals surface area contributed by atoms with Crippen LogP contribution in [-0.4, -0.2) is 26.1 Å². The number of pyridine rings is 1. The van der Waals surface area contributed by atoms with Gasteiger partial charge in [0.05, 0.1) is 15.8 Å². The number of rotatable bonds is 4. The van der Waals surface area contributed by atoms with Crippen LogP contribution < -0.4 is 5.32 Å². The zero-order valence-electron chi connectivity index (χ0n) is 12.0. The van der Waals surface area contributed by atoms with Crippen LogP contribution in [0.3, 0.4) is 0 Å². The topological polar surface area (TPSA) is 70.7 Å². The van der Waals surface area contributed by atoms with Gasteiger partial charge in [0.2, 0.25) is 5.91 Å². The van der Waals surface area contributed by atoms with Gasteiger partial charge in [-0.2, -0.15) is 0 Å². The monoisotopic (exact) mass is 366 g/mol. The van der Waals surface area contributed by atoms with Crippen molar-refractivity contribution in [1.82, 2.24) is 15.0 Å². The summed E-state index contributed by atoms with van der Waals surface area (Å²) in [5.41, 5.74) is 1.97. The molecule has 1 amide bonds. The molecule has 0 fully saturated rings. The molecule has 0 aliphatic carbocycles. The summed E-state index contributed by atoms with van der Waals surface area (Å²) >= 11 is 13.1. The summed E-state index contributed by atoms with van der Waals surface area (Å²) < 4.78 is 0. The van der Waals surface area contributed by atoms with Gasteiger partial charge in [0.15, 0.2) is 10.8 Å². The van der Waals surface area contributed by atoms with Gasteiger partial charge in [0.25, 0.3) is 0 Å². The van der Waals surface area contributed by atoms with Crippen LogP contribution >= 0.6 is 35.0 Å². The number of halogens is 2. The molecule has 1 aromatic carbocycles. The molecule has 0 spiro atoms. The van der Waals surface area contributed by atoms with Crippen LogP contribution in [0.5, 0.6) is 0 Å². The lowest BCUT2D eigenvalue weighted by Gasteiger charge is -2.10. The molecule has 2 N–H and O–H groups in total. The van der Waals surface area contributed by atoms with Crippen LogP contribution in [0.25, 0.3) is 11.2 Å². The Labute approximate surface area is 146 Å². The van der Waals surface area contributed by atoms with E-state index in [1.54, 1.807) is 37.3 Å². The number of hydrogen-bond donors (Lipinski definition) is 2. The highest BCUT2D eigenvalue weighted by Gasteiger charge is 2.17. The summed E-state index contributed by atoms with van der Waals surface area (Å²) in [7, 11) is 0. The molecule has 1 atom stereocenters. The summed E-state index contributed by atoms with van der Waals surface area (Å²) in [4.78, 5) is 23.8. The Balaban J connectivity index is 1.69. The van der Waals surface area contributed by atoms with Gasteiger partial charge in [-0.3, -0.25) is 4.79 Å². The Bertz CT molecular complexity index is 868. The molecule has 0 unspecified atom stereocenters. The van der Waals surface area contributed by atoms with Gasteiger partial charge in [0.1, 0.15) is 0 Å². The summed E-state index contributed by atoms with van der Waals surface area (Å²) in [5, 5.41) is 4.20. The molecule has 0 radical (unpaired) electrons. The first-order chi connectivity index (χ1) is 11.0. The average Bonchev–Trinajstić information content (AvgIpc) is 2.88. The highest BCUT2D eigenvalue weighted by molar-refractivity contribution is 8.00. The van der Waals surface area contributed by atoms with E-state index in [2.05, 4.69) is 20.3 Å². The van der Waals surface area contributed by atoms with Gasteiger partial charge < -0.3 is 10.3 Å². The maximum Gasteiger partial charge on any atom is 0.237 e. The van der Waals surface area contributed by atoms with Crippen LogP contribution in [0.4, 0.5) is 5.69 Å². The standard InChI is InChI=1S/C15H12Cl2N4OS/c1-8(14(22)19-11-4-2-3-9(16)5-11)23-15-20-12-6-10(17)7-18-13(12)21-15/h2-8H,1H3,(H,19,22)(H,18,20,21)/t8-/m1/s1. The van der Waals surface area contributed by atoms with Crippen molar-refractivity contribution in [2.45, 2.75) is 17.3 Å². The number of nitrogens with one attached hydrogen (secondary N) is 2. The molecule has 5 nitrogen and oxygen atoms in total. The van der Waals surface area contributed by atoms with Crippen molar-refractivity contribution in [3.63, 3.8) is 0 Å². The zero-order chi connectivity index (χ0) is 16.4. The molecule has 3 aromatic rings. The van der Waals surface area contributed by atoms with E-state index >= 15 is 0 Å². The number of carbonyl (C=O) groups is 1. The van der Waals surface area contributed by atoms with Gasteiger partial charge >= 0.3 is 0 Å². The number of aromatic amines is 1. The van der Waals surface area contributed by atoms with Crippen LogP contribution in [0, 0.1) is 0 Å². The molecular weight excluding hydrogens is 355 g/mol. The summed E-state index contributed by atoms with van der Waals surface area (Å²) in [6, 6.07) is 8.77. The first-order valence-electron chi connectivity index (χ1n) is 6.75. The minimum Gasteiger partial charge on any atom is -0.331 e. The maximum absolute atomic E-state index is 12.2. The molecule has 23 heavy (non-hydrogen) atoms. The van der Waals surface area contributed by atoms with E-state index in [0.717, 1.165) is 5.52 Å². The number of thioether (sulfide) groups is 1. The van der Waals surface area contributed by atoms with Crippen molar-refractivity contribution in [2.24, 2.45) is 0 Å². The molecular formula is C15H12Cl2N4OS. The van der Waals surface area contributed by atoms with Crippen molar-refractivity contribution in [2.75, 3.05) is 5.32 Å². The zero-order valence-corrected chi connectivity index (χ0v) is 14.3. The maximum atomic E-state index is 12.2. The van der Waals surface area contributed by atoms with E-state index in [1.165, 1.54) is 18.0 Å². The average molecular weight is 367 g/mol. The minimum atomic E-state index is -0.343. The summed E-state index contributed by atoms with van der Waals surface area (Å²) in [6.45, 7) is 1.80. The van der Waals surface area contributed by atoms with Crippen molar-refractivity contribution >= 4 is 57.7 Å². The van der Waals surface area contributed by atoms with Crippen molar-refractivity contribution in [3.8, 4) is 0 Å². The highest BCUT2D eigenvalue weighted by atomic mass is 35.5. The first kappa shape index (κ1) is 16.1. The Morgan fingerprint density at radius 1 is 1.30 bits per heavy atom. The molecule has 2 aromatic heterocycles. The first-order valence-corrected chi connectivity index (χ1v) is 8.39. The van der Waals surface area contributed by atoms with Gasteiger partial charge in [0, 0.05) is 16.9 Å². The van der Waals surface area contributed by atoms with Crippen molar-refractivity contribution in [3.05, 3.63) is 46.6 Å². The molecule has 0 aliphatic rings. The van der Waals surface area contributed by atoms with E-state index in [0.29, 0.717) is 26.5 Å². The van der Waals surface area contributed by atoms with Gasteiger partial charge in [-0.25, -0.2) is 9.97 Å². The third-order valence-corrected chi connectivity index (χ3v) is 4.46. The molecule has 0 saturated carbocycles. The number of amides is 1. The van der Waals surface area contributed by atoms with E-state index in [9.17, 15) is 4.79 Å². The third-order valence-electron chi connectivity index (χ3n) is 3.03. The highest BCUT2D eigenvalue weighted by Crippen LogP contribution is 2.25. The number of nitrogens with zero attached hydrogens (tertiary/aromatic N) is 2. The van der Waals surface area contributed by atoms with E-state index in [4.69, 9.17) is 23.2 Å². The molecule has 8 heteroatoms. The van der Waals surface area contributed by atoms with Crippen molar-refractivity contribution < 1.29 is 4.79 Å². The fourth-order valence-corrected chi connectivity index (χ4v) is 3.10. The fourth-order valence-electron chi connectivity index (χ4n) is 1.94. The molecule has 2 heterocycles. The number of fused-ring (bicyclic) bond motifs is 1. The lowest BCUT2D eigenvalue weighted by Crippen LogP contribution is -2.22. The quantitative estimate of drug-likeness (QED) is 0.672. The van der Waals surface area contributed by atoms with E-state index < -0.39 is 0 Å². The number of imidazole rings is 1. The van der Waals surface area contributed by atoms with E-state index in [1.807, 2.05) is 0 Å². The Hall–Kier alpha value is -1.76. The second-order valence-corrected chi connectivity index (χ2v) is 7.03. The third kappa shape index (κ3) is 3.96. The van der Waals surface area contributed by atoms with Gasteiger partial charge in [-0.05, 0) is 31.2 Å². The second-order valence-electron chi connectivity index (χ2n) is 4.83. The number of anilines is 1. The van der Waals surface area contributed by atoms with E-state index in [-0.39, 0.29) is 11.2 Å². The number of hydrogen-bond acceptors (Lipinski definition) is 4. The lowest BCUT2D eigenvalue weighted by molar-refractivity contribution is -0.115. The number of H-pyrrole nitrogens is 1. The van der Waals surface area contributed by atoms with Crippen LogP contribution in [-0.2, 0) is 4.79 Å². The van der Waals surface area contributed by atoms with Crippen LogP contribution in [0.15, 0.2) is 41.7 Å². The number of carbonyl (C=O) groups excluding carboxylic acids is 1. The van der Waals surface area contributed by atoms with Crippen molar-refractivity contribution in [1.29, 1.82) is 0 Å². The molecule has 118 valence electrons. The van der Waals surface area contributed by atoms with Gasteiger partial charge in [-0.15, -0.1) is 0 Å². The Kier molecular flexibility index (Phi) is 4.75. The van der Waals surface area contributed by atoms with Gasteiger partial charge in [-0.1, -0.05) is 41.0 Å². The molecule has 3 rings (SSSR count). The normalized spacial score (nSPS) is 12.3. The predicted octanol–water partition coefficient (Wildman–Crippen LogP) is 4.38. The predicted molar refractivity (Wildman–Crippen MR) is 94.3 cm³/mol. The summed E-state index contributed by atoms with van der Waals surface area (Å²) in [6.07, 6.45) is 1.54. The number of benzene rings is 1. The smallest absolute Gasteiger partial charge is 0.237 e.